The third-order valence-corrected chi connectivity index (χ3v) is 5.03. The van der Waals surface area contributed by atoms with Crippen LogP contribution in [0.2, 0.25) is 0 Å². The van der Waals surface area contributed by atoms with Gasteiger partial charge >= 0.3 is 6.18 Å². The number of fused-ring (bicyclic) bond motifs is 1. The minimum atomic E-state index is -4.31. The lowest BCUT2D eigenvalue weighted by Crippen LogP contribution is -2.47. The molecule has 27 heavy (non-hydrogen) atoms. The van der Waals surface area contributed by atoms with Crippen molar-refractivity contribution >= 4 is 0 Å². The molecule has 142 valence electrons. The molecule has 1 N–H and O–H groups in total. The Hall–Kier alpha value is -2.38. The standard InChI is InChI=1S/C20H21F3N4/c1-14-4-3-7-24-19(14)18-11-17-13-26(8-9-27(17)25-18)12-15-5-2-6-16(10-15)20(21,22)23/h2-7,10-11,18,25H,8-9,12-13H2,1H3. The highest BCUT2D eigenvalue weighted by molar-refractivity contribution is 5.30. The van der Waals surface area contributed by atoms with E-state index in [1.807, 2.05) is 19.1 Å². The number of hydrazine groups is 1. The first kappa shape index (κ1) is 18.0. The minimum Gasteiger partial charge on any atom is -0.309 e. The average Bonchev–Trinajstić information content (AvgIpc) is 3.04. The summed E-state index contributed by atoms with van der Waals surface area (Å²) < 4.78 is 38.7. The molecule has 7 heteroatoms. The molecule has 0 aliphatic carbocycles. The topological polar surface area (TPSA) is 31.4 Å². The van der Waals surface area contributed by atoms with Crippen molar-refractivity contribution in [2.75, 3.05) is 19.6 Å². The second-order valence-electron chi connectivity index (χ2n) is 7.03. The molecule has 2 aliphatic heterocycles. The molecule has 1 aromatic heterocycles. The van der Waals surface area contributed by atoms with Gasteiger partial charge in [-0.25, -0.2) is 5.43 Å². The Morgan fingerprint density at radius 2 is 2.04 bits per heavy atom. The highest BCUT2D eigenvalue weighted by Crippen LogP contribution is 2.31. The zero-order valence-electron chi connectivity index (χ0n) is 15.0. The van der Waals surface area contributed by atoms with Gasteiger partial charge in [-0.3, -0.25) is 9.88 Å². The largest absolute Gasteiger partial charge is 0.416 e. The quantitative estimate of drug-likeness (QED) is 0.888. The zero-order valence-corrected chi connectivity index (χ0v) is 15.0. The van der Waals surface area contributed by atoms with Gasteiger partial charge in [0, 0.05) is 38.1 Å². The molecule has 1 atom stereocenters. The first-order valence-corrected chi connectivity index (χ1v) is 8.94. The molecule has 0 amide bonds. The molecule has 2 aromatic rings. The van der Waals surface area contributed by atoms with E-state index in [1.165, 1.54) is 12.1 Å². The van der Waals surface area contributed by atoms with Crippen LogP contribution in [0.15, 0.2) is 54.4 Å². The lowest BCUT2D eigenvalue weighted by atomic mass is 10.1. The van der Waals surface area contributed by atoms with Crippen LogP contribution in [0.5, 0.6) is 0 Å². The van der Waals surface area contributed by atoms with Gasteiger partial charge in [0.2, 0.25) is 0 Å². The van der Waals surface area contributed by atoms with Gasteiger partial charge in [0.05, 0.1) is 17.3 Å². The van der Waals surface area contributed by atoms with Gasteiger partial charge in [-0.05, 0) is 36.3 Å². The summed E-state index contributed by atoms with van der Waals surface area (Å²) in [7, 11) is 0. The van der Waals surface area contributed by atoms with Gasteiger partial charge in [0.25, 0.3) is 0 Å². The number of nitrogens with zero attached hydrogens (tertiary/aromatic N) is 3. The zero-order chi connectivity index (χ0) is 19.0. The van der Waals surface area contributed by atoms with E-state index in [1.54, 1.807) is 12.3 Å². The summed E-state index contributed by atoms with van der Waals surface area (Å²) in [5.74, 6) is 0. The van der Waals surface area contributed by atoms with E-state index in [4.69, 9.17) is 0 Å². The van der Waals surface area contributed by atoms with Crippen molar-refractivity contribution in [3.63, 3.8) is 0 Å². The van der Waals surface area contributed by atoms with E-state index in [9.17, 15) is 13.2 Å². The van der Waals surface area contributed by atoms with Gasteiger partial charge in [-0.1, -0.05) is 24.3 Å². The van der Waals surface area contributed by atoms with Crippen LogP contribution in [-0.4, -0.2) is 34.5 Å². The van der Waals surface area contributed by atoms with Crippen molar-refractivity contribution in [1.82, 2.24) is 20.3 Å². The molecule has 4 nitrogen and oxygen atoms in total. The Balaban J connectivity index is 1.46. The predicted octanol–water partition coefficient (Wildman–Crippen LogP) is 3.67. The Bertz CT molecular complexity index is 862. The van der Waals surface area contributed by atoms with Crippen LogP contribution < -0.4 is 5.43 Å². The van der Waals surface area contributed by atoms with Gasteiger partial charge in [-0.2, -0.15) is 13.2 Å². The normalized spacial score (nSPS) is 20.5. The molecule has 0 saturated carbocycles. The lowest BCUT2D eigenvalue weighted by Gasteiger charge is -2.35. The minimum absolute atomic E-state index is 0.0368. The smallest absolute Gasteiger partial charge is 0.309 e. The second kappa shape index (κ2) is 6.98. The lowest BCUT2D eigenvalue weighted by molar-refractivity contribution is -0.137. The number of piperazine rings is 1. The van der Waals surface area contributed by atoms with E-state index in [0.717, 1.165) is 36.1 Å². The molecule has 4 rings (SSSR count). The maximum atomic E-state index is 12.9. The van der Waals surface area contributed by atoms with E-state index in [0.29, 0.717) is 18.7 Å². The number of pyridine rings is 1. The van der Waals surface area contributed by atoms with Crippen molar-refractivity contribution < 1.29 is 13.2 Å². The monoisotopic (exact) mass is 374 g/mol. The summed E-state index contributed by atoms with van der Waals surface area (Å²) in [4.78, 5) is 6.66. The number of nitrogens with one attached hydrogen (secondary N) is 1. The molecule has 1 unspecified atom stereocenters. The molecule has 2 aliphatic rings. The molecule has 3 heterocycles. The fraction of sp³-hybridized carbons (Fsp3) is 0.350. The van der Waals surface area contributed by atoms with Crippen LogP contribution >= 0.6 is 0 Å². The van der Waals surface area contributed by atoms with Crippen LogP contribution in [0.25, 0.3) is 0 Å². The summed E-state index contributed by atoms with van der Waals surface area (Å²) in [6.45, 7) is 4.81. The average molecular weight is 374 g/mol. The highest BCUT2D eigenvalue weighted by atomic mass is 19.4. The molecule has 1 fully saturated rings. The summed E-state index contributed by atoms with van der Waals surface area (Å²) in [5.41, 5.74) is 6.83. The van der Waals surface area contributed by atoms with Crippen LogP contribution in [0.4, 0.5) is 13.2 Å². The van der Waals surface area contributed by atoms with E-state index >= 15 is 0 Å². The number of aromatic nitrogens is 1. The Kier molecular flexibility index (Phi) is 4.65. The molecule has 1 saturated heterocycles. The van der Waals surface area contributed by atoms with Crippen LogP contribution in [-0.2, 0) is 12.7 Å². The molecule has 0 radical (unpaired) electrons. The maximum absolute atomic E-state index is 12.9. The number of hydrogen-bond acceptors (Lipinski definition) is 4. The van der Waals surface area contributed by atoms with E-state index < -0.39 is 11.7 Å². The molecular formula is C20H21F3N4. The van der Waals surface area contributed by atoms with Crippen molar-refractivity contribution in [2.24, 2.45) is 0 Å². The number of rotatable bonds is 3. The summed E-state index contributed by atoms with van der Waals surface area (Å²) in [6, 6.07) is 9.59. The van der Waals surface area contributed by atoms with Crippen LogP contribution in [0.3, 0.4) is 0 Å². The Labute approximate surface area is 156 Å². The third-order valence-electron chi connectivity index (χ3n) is 5.03. The fourth-order valence-electron chi connectivity index (χ4n) is 3.67. The third kappa shape index (κ3) is 3.84. The highest BCUT2D eigenvalue weighted by Gasteiger charge is 2.32. The Morgan fingerprint density at radius 3 is 2.81 bits per heavy atom. The van der Waals surface area contributed by atoms with Gasteiger partial charge in [0.1, 0.15) is 0 Å². The van der Waals surface area contributed by atoms with E-state index in [-0.39, 0.29) is 6.04 Å². The van der Waals surface area contributed by atoms with Gasteiger partial charge < -0.3 is 5.01 Å². The van der Waals surface area contributed by atoms with Crippen molar-refractivity contribution in [3.8, 4) is 0 Å². The maximum Gasteiger partial charge on any atom is 0.416 e. The molecule has 0 bridgehead atoms. The van der Waals surface area contributed by atoms with Gasteiger partial charge in [0.15, 0.2) is 0 Å². The predicted molar refractivity (Wildman–Crippen MR) is 96.4 cm³/mol. The second-order valence-corrected chi connectivity index (χ2v) is 7.03. The summed E-state index contributed by atoms with van der Waals surface area (Å²) >= 11 is 0. The van der Waals surface area contributed by atoms with Crippen molar-refractivity contribution in [1.29, 1.82) is 0 Å². The van der Waals surface area contributed by atoms with E-state index in [2.05, 4.69) is 26.4 Å². The SMILES string of the molecule is Cc1cccnc1C1C=C2CN(Cc3cccc(C(F)(F)F)c3)CCN2N1. The fourth-order valence-corrected chi connectivity index (χ4v) is 3.67. The first-order chi connectivity index (χ1) is 12.9. The van der Waals surface area contributed by atoms with Crippen molar-refractivity contribution in [3.05, 3.63) is 76.8 Å². The molecule has 1 aromatic carbocycles. The number of halogens is 3. The van der Waals surface area contributed by atoms with Crippen LogP contribution in [0.1, 0.15) is 28.4 Å². The number of alkyl halides is 3. The summed E-state index contributed by atoms with van der Waals surface area (Å²) in [6.07, 6.45) is -0.353. The number of aryl methyl sites for hydroxylation is 1. The number of hydrogen-bond donors (Lipinski definition) is 1. The molecular weight excluding hydrogens is 353 g/mol. The van der Waals surface area contributed by atoms with Crippen molar-refractivity contribution in [2.45, 2.75) is 25.7 Å². The summed E-state index contributed by atoms with van der Waals surface area (Å²) in [5, 5.41) is 2.13. The van der Waals surface area contributed by atoms with Crippen LogP contribution in [0, 0.1) is 6.92 Å². The number of benzene rings is 1. The Morgan fingerprint density at radius 1 is 1.19 bits per heavy atom. The first-order valence-electron chi connectivity index (χ1n) is 8.94. The van der Waals surface area contributed by atoms with Gasteiger partial charge in [-0.15, -0.1) is 0 Å². The molecule has 0 spiro atoms.